The third-order valence-corrected chi connectivity index (χ3v) is 6.43. The van der Waals surface area contributed by atoms with Gasteiger partial charge in [0.2, 0.25) is 10.0 Å². The predicted molar refractivity (Wildman–Crippen MR) is 124 cm³/mol. The van der Waals surface area contributed by atoms with Crippen molar-refractivity contribution in [1.82, 2.24) is 10.0 Å². The zero-order valence-electron chi connectivity index (χ0n) is 17.3. The number of nitrogens with one attached hydrogen (secondary N) is 2. The van der Waals surface area contributed by atoms with Crippen molar-refractivity contribution in [3.63, 3.8) is 0 Å². The van der Waals surface area contributed by atoms with Gasteiger partial charge < -0.3 is 11.1 Å². The molecule has 0 amide bonds. The average Bonchev–Trinajstić information content (AvgIpc) is 2.76. The summed E-state index contributed by atoms with van der Waals surface area (Å²) < 4.78 is 27.6. The van der Waals surface area contributed by atoms with Gasteiger partial charge in [-0.05, 0) is 65.9 Å². The van der Waals surface area contributed by atoms with Crippen LogP contribution in [0.3, 0.4) is 0 Å². The minimum absolute atomic E-state index is 0.279. The van der Waals surface area contributed by atoms with Gasteiger partial charge in [-0.3, -0.25) is 0 Å². The lowest BCUT2D eigenvalue weighted by molar-refractivity contribution is 0.581. The van der Waals surface area contributed by atoms with Crippen molar-refractivity contribution in [3.05, 3.63) is 83.9 Å². The van der Waals surface area contributed by atoms with Gasteiger partial charge in [-0.15, -0.1) is 0 Å². The van der Waals surface area contributed by atoms with E-state index >= 15 is 0 Å². The van der Waals surface area contributed by atoms with Gasteiger partial charge in [0.25, 0.3) is 0 Å². The van der Waals surface area contributed by atoms with Gasteiger partial charge in [0, 0.05) is 18.8 Å². The van der Waals surface area contributed by atoms with Crippen LogP contribution in [0.1, 0.15) is 24.5 Å². The summed E-state index contributed by atoms with van der Waals surface area (Å²) in [5.41, 5.74) is 11.3. The van der Waals surface area contributed by atoms with Crippen LogP contribution in [0.5, 0.6) is 0 Å². The number of rotatable bonds is 10. The fourth-order valence-electron chi connectivity index (χ4n) is 3.35. The van der Waals surface area contributed by atoms with Gasteiger partial charge in [0.15, 0.2) is 0 Å². The summed E-state index contributed by atoms with van der Waals surface area (Å²) in [4.78, 5) is 0.279. The molecule has 158 valence electrons. The first-order valence-corrected chi connectivity index (χ1v) is 11.7. The number of hydrogen-bond donors (Lipinski definition) is 3. The fourth-order valence-corrected chi connectivity index (χ4v) is 4.40. The molecule has 0 heterocycles. The Bertz CT molecular complexity index is 1070. The van der Waals surface area contributed by atoms with E-state index in [9.17, 15) is 8.42 Å². The van der Waals surface area contributed by atoms with Gasteiger partial charge in [-0.2, -0.15) is 0 Å². The van der Waals surface area contributed by atoms with E-state index in [0.29, 0.717) is 13.0 Å². The Morgan fingerprint density at radius 3 is 2.37 bits per heavy atom. The number of hydrogen-bond acceptors (Lipinski definition) is 4. The summed E-state index contributed by atoms with van der Waals surface area (Å²) in [5.74, 6) is 0. The van der Waals surface area contributed by atoms with Crippen LogP contribution >= 0.6 is 0 Å². The molecule has 0 unspecified atom stereocenters. The van der Waals surface area contributed by atoms with Gasteiger partial charge in [-0.25, -0.2) is 13.1 Å². The average molecular weight is 424 g/mol. The van der Waals surface area contributed by atoms with E-state index in [1.165, 1.54) is 0 Å². The molecular weight excluding hydrogens is 394 g/mol. The molecule has 0 spiro atoms. The van der Waals surface area contributed by atoms with Crippen LogP contribution in [0.2, 0.25) is 0 Å². The zero-order valence-corrected chi connectivity index (χ0v) is 18.1. The molecule has 30 heavy (non-hydrogen) atoms. The highest BCUT2D eigenvalue weighted by atomic mass is 32.2. The molecule has 0 atom stereocenters. The molecule has 0 radical (unpaired) electrons. The molecule has 0 saturated carbocycles. The SMILES string of the molecule is CCCNCc1cc(-c2ccccc2CCNS(=O)(=O)c2ccccc2)ccc1N. The number of sulfonamides is 1. The minimum Gasteiger partial charge on any atom is -0.398 e. The van der Waals surface area contributed by atoms with Crippen molar-refractivity contribution >= 4 is 15.7 Å². The molecule has 4 N–H and O–H groups in total. The molecule has 0 saturated heterocycles. The van der Waals surface area contributed by atoms with Gasteiger partial charge in [0.05, 0.1) is 4.90 Å². The Morgan fingerprint density at radius 1 is 0.867 bits per heavy atom. The number of benzene rings is 3. The summed E-state index contributed by atoms with van der Waals surface area (Å²) in [6.07, 6.45) is 1.66. The van der Waals surface area contributed by atoms with Crippen molar-refractivity contribution in [3.8, 4) is 11.1 Å². The summed E-state index contributed by atoms with van der Waals surface area (Å²) >= 11 is 0. The Balaban J connectivity index is 1.74. The van der Waals surface area contributed by atoms with E-state index in [1.807, 2.05) is 30.3 Å². The molecule has 5 nitrogen and oxygen atoms in total. The van der Waals surface area contributed by atoms with Crippen molar-refractivity contribution in [2.75, 3.05) is 18.8 Å². The third kappa shape index (κ3) is 5.69. The van der Waals surface area contributed by atoms with Crippen LogP contribution in [0, 0.1) is 0 Å². The van der Waals surface area contributed by atoms with Gasteiger partial charge in [0.1, 0.15) is 0 Å². The highest BCUT2D eigenvalue weighted by molar-refractivity contribution is 7.89. The molecule has 3 rings (SSSR count). The number of nitrogens with two attached hydrogens (primary N) is 1. The molecule has 0 aliphatic carbocycles. The largest absolute Gasteiger partial charge is 0.398 e. The Hall–Kier alpha value is -2.67. The van der Waals surface area contributed by atoms with Gasteiger partial charge in [-0.1, -0.05) is 55.5 Å². The van der Waals surface area contributed by atoms with E-state index in [1.54, 1.807) is 30.3 Å². The molecule has 3 aromatic rings. The fraction of sp³-hybridized carbons (Fsp3) is 0.250. The van der Waals surface area contributed by atoms with Crippen molar-refractivity contribution in [1.29, 1.82) is 0 Å². The van der Waals surface area contributed by atoms with Crippen LogP contribution in [0.4, 0.5) is 5.69 Å². The Labute approximate surface area is 179 Å². The standard InChI is InChI=1S/C24H29N3O2S/c1-2-15-26-18-21-17-20(12-13-24(21)25)23-11-7-6-8-19(23)14-16-27-30(28,29)22-9-4-3-5-10-22/h3-13,17,26-27H,2,14-16,18,25H2,1H3. The number of nitrogen functional groups attached to an aromatic ring is 1. The molecule has 0 fully saturated rings. The second kappa shape index (κ2) is 10.4. The smallest absolute Gasteiger partial charge is 0.240 e. The zero-order chi connectivity index (χ0) is 21.4. The van der Waals surface area contributed by atoms with E-state index in [4.69, 9.17) is 5.73 Å². The lowest BCUT2D eigenvalue weighted by Gasteiger charge is -2.14. The minimum atomic E-state index is -3.51. The third-order valence-electron chi connectivity index (χ3n) is 4.95. The first kappa shape index (κ1) is 22.0. The highest BCUT2D eigenvalue weighted by Crippen LogP contribution is 2.27. The van der Waals surface area contributed by atoms with Crippen molar-refractivity contribution in [2.24, 2.45) is 0 Å². The number of anilines is 1. The molecule has 0 aliphatic rings. The van der Waals surface area contributed by atoms with Crippen LogP contribution < -0.4 is 15.8 Å². The second-order valence-electron chi connectivity index (χ2n) is 7.21. The lowest BCUT2D eigenvalue weighted by atomic mass is 9.96. The van der Waals surface area contributed by atoms with Crippen molar-refractivity contribution in [2.45, 2.75) is 31.2 Å². The molecule has 6 heteroatoms. The summed E-state index contributed by atoms with van der Waals surface area (Å²) in [7, 11) is -3.51. The van der Waals surface area contributed by atoms with Crippen molar-refractivity contribution < 1.29 is 8.42 Å². The van der Waals surface area contributed by atoms with Crippen LogP contribution in [0.25, 0.3) is 11.1 Å². The first-order valence-electron chi connectivity index (χ1n) is 10.2. The molecule has 0 aromatic heterocycles. The maximum atomic E-state index is 12.5. The predicted octanol–water partition coefficient (Wildman–Crippen LogP) is 3.96. The summed E-state index contributed by atoms with van der Waals surface area (Å²) in [5, 5.41) is 3.40. The Kier molecular flexibility index (Phi) is 7.63. The highest BCUT2D eigenvalue weighted by Gasteiger charge is 2.13. The maximum Gasteiger partial charge on any atom is 0.240 e. The normalized spacial score (nSPS) is 11.5. The summed E-state index contributed by atoms with van der Waals surface area (Å²) in [6, 6.07) is 22.6. The van der Waals surface area contributed by atoms with E-state index < -0.39 is 10.0 Å². The topological polar surface area (TPSA) is 84.2 Å². The molecule has 0 aliphatic heterocycles. The van der Waals surface area contributed by atoms with E-state index in [2.05, 4.69) is 29.1 Å². The maximum absolute atomic E-state index is 12.5. The Morgan fingerprint density at radius 2 is 1.60 bits per heavy atom. The first-order chi connectivity index (χ1) is 14.5. The van der Waals surface area contributed by atoms with E-state index in [-0.39, 0.29) is 4.90 Å². The summed E-state index contributed by atoms with van der Waals surface area (Å²) in [6.45, 7) is 4.14. The molecule has 3 aromatic carbocycles. The monoisotopic (exact) mass is 423 g/mol. The van der Waals surface area contributed by atoms with Crippen LogP contribution in [-0.4, -0.2) is 21.5 Å². The lowest BCUT2D eigenvalue weighted by Crippen LogP contribution is -2.26. The quantitative estimate of drug-likeness (QED) is 0.340. The molecular formula is C24H29N3O2S. The van der Waals surface area contributed by atoms with Crippen LogP contribution in [0.15, 0.2) is 77.7 Å². The second-order valence-corrected chi connectivity index (χ2v) is 8.98. The van der Waals surface area contributed by atoms with Crippen LogP contribution in [-0.2, 0) is 23.0 Å². The van der Waals surface area contributed by atoms with Gasteiger partial charge >= 0.3 is 0 Å². The molecule has 0 bridgehead atoms. The van der Waals surface area contributed by atoms with E-state index in [0.717, 1.165) is 47.5 Å².